The summed E-state index contributed by atoms with van der Waals surface area (Å²) in [5.74, 6) is 0.513. The number of para-hydroxylation sites is 1. The van der Waals surface area contributed by atoms with E-state index in [2.05, 4.69) is 9.97 Å². The highest BCUT2D eigenvalue weighted by atomic mass is 32.2. The second kappa shape index (κ2) is 8.46. The fraction of sp³-hybridized carbons (Fsp3) is 0.400. The van der Waals surface area contributed by atoms with Crippen LogP contribution in [-0.4, -0.2) is 39.0 Å². The number of aromatic nitrogens is 4. The molecule has 0 aliphatic rings. The van der Waals surface area contributed by atoms with E-state index in [1.807, 2.05) is 20.8 Å². The normalized spacial score (nSPS) is 12.3. The molecule has 166 valence electrons. The Kier molecular flexibility index (Phi) is 6.28. The molecule has 0 saturated carbocycles. The first-order valence-electron chi connectivity index (χ1n) is 9.49. The molecule has 0 unspecified atom stereocenters. The third-order valence-electron chi connectivity index (χ3n) is 4.48. The second-order valence-corrected chi connectivity index (χ2v) is 10.8. The average molecular weight is 465 g/mol. The molecule has 0 fully saturated rings. The number of hydrogen-bond donors (Lipinski definition) is 0. The predicted octanol–water partition coefficient (Wildman–Crippen LogP) is 1.83. The fourth-order valence-corrected chi connectivity index (χ4v) is 5.08. The summed E-state index contributed by atoms with van der Waals surface area (Å²) in [5.41, 5.74) is -1.24. The van der Waals surface area contributed by atoms with Gasteiger partial charge in [-0.15, -0.1) is 11.8 Å². The number of aryl methyl sites for hydroxylation is 1. The molecule has 0 aliphatic heterocycles. The number of hydrogen-bond acceptors (Lipinski definition) is 8. The van der Waals surface area contributed by atoms with Crippen molar-refractivity contribution < 1.29 is 12.6 Å². The van der Waals surface area contributed by atoms with Crippen LogP contribution in [0.15, 0.2) is 44.9 Å². The van der Waals surface area contributed by atoms with Crippen molar-refractivity contribution in [1.29, 1.82) is 0 Å². The zero-order valence-electron chi connectivity index (χ0n) is 17.9. The maximum atomic E-state index is 12.8. The van der Waals surface area contributed by atoms with Gasteiger partial charge in [0.05, 0.1) is 5.75 Å². The molecular formula is C20H24N4O5S2. The van der Waals surface area contributed by atoms with E-state index in [9.17, 15) is 18.0 Å². The van der Waals surface area contributed by atoms with Crippen molar-refractivity contribution in [1.82, 2.24) is 19.1 Å². The van der Waals surface area contributed by atoms with Crippen LogP contribution in [0, 0.1) is 0 Å². The van der Waals surface area contributed by atoms with Crippen LogP contribution in [0.3, 0.4) is 0 Å². The van der Waals surface area contributed by atoms with E-state index >= 15 is 0 Å². The highest BCUT2D eigenvalue weighted by Crippen LogP contribution is 2.27. The summed E-state index contributed by atoms with van der Waals surface area (Å²) < 4.78 is 32.0. The predicted molar refractivity (Wildman–Crippen MR) is 120 cm³/mol. The molecule has 9 nitrogen and oxygen atoms in total. The highest BCUT2D eigenvalue weighted by molar-refractivity contribution is 8.00. The number of rotatable bonds is 6. The Balaban J connectivity index is 1.97. The van der Waals surface area contributed by atoms with Gasteiger partial charge in [-0.25, -0.2) is 14.8 Å². The summed E-state index contributed by atoms with van der Waals surface area (Å²) in [7, 11) is -0.911. The van der Waals surface area contributed by atoms with Gasteiger partial charge < -0.3 is 4.18 Å². The van der Waals surface area contributed by atoms with Crippen LogP contribution in [-0.2, 0) is 29.6 Å². The first-order valence-corrected chi connectivity index (χ1v) is 12.1. The van der Waals surface area contributed by atoms with Gasteiger partial charge in [-0.3, -0.25) is 13.9 Å². The monoisotopic (exact) mass is 464 g/mol. The smallest absolute Gasteiger partial charge is 0.332 e. The first-order chi connectivity index (χ1) is 14.4. The molecule has 0 aliphatic carbocycles. The molecule has 2 heterocycles. The molecule has 0 saturated heterocycles. The molecule has 1 aromatic carbocycles. The van der Waals surface area contributed by atoms with Gasteiger partial charge in [0.25, 0.3) is 5.56 Å². The minimum Gasteiger partial charge on any atom is -0.382 e. The summed E-state index contributed by atoms with van der Waals surface area (Å²) in [4.78, 5) is 34.2. The van der Waals surface area contributed by atoms with Crippen molar-refractivity contribution in [2.45, 2.75) is 31.2 Å². The van der Waals surface area contributed by atoms with Gasteiger partial charge in [0.15, 0.2) is 5.65 Å². The zero-order chi connectivity index (χ0) is 23.0. The number of nitrogens with zero attached hydrogens (tertiary/aromatic N) is 4. The molecule has 0 spiro atoms. The van der Waals surface area contributed by atoms with E-state index in [0.29, 0.717) is 10.9 Å². The minimum atomic E-state index is -3.83. The Bertz CT molecular complexity index is 1340. The van der Waals surface area contributed by atoms with Crippen LogP contribution < -0.4 is 15.4 Å². The molecule has 0 amide bonds. The van der Waals surface area contributed by atoms with Gasteiger partial charge in [0.1, 0.15) is 22.0 Å². The van der Waals surface area contributed by atoms with Gasteiger partial charge >= 0.3 is 15.8 Å². The van der Waals surface area contributed by atoms with E-state index in [1.54, 1.807) is 30.3 Å². The van der Waals surface area contributed by atoms with Crippen molar-refractivity contribution in [3.05, 3.63) is 57.0 Å². The lowest BCUT2D eigenvalue weighted by Crippen LogP contribution is -2.38. The highest BCUT2D eigenvalue weighted by Gasteiger charge is 2.24. The first kappa shape index (κ1) is 23.0. The minimum absolute atomic E-state index is 0.108. The third-order valence-corrected chi connectivity index (χ3v) is 6.86. The van der Waals surface area contributed by atoms with Crippen molar-refractivity contribution in [3.8, 4) is 5.75 Å². The average Bonchev–Trinajstić information content (AvgIpc) is 2.69. The van der Waals surface area contributed by atoms with Crippen LogP contribution >= 0.6 is 11.8 Å². The van der Waals surface area contributed by atoms with Crippen molar-refractivity contribution in [3.63, 3.8) is 0 Å². The standard InChI is InChI=1S/C20H24N4O5S2/c1-20(2,3)18-21-15-14(17(25)24(5)19(26)23(15)4)16(22-18)30-11-12-31(27,28)29-13-9-7-6-8-10-13/h6-10H,11-12H2,1-5H3. The Morgan fingerprint density at radius 3 is 2.29 bits per heavy atom. The van der Waals surface area contributed by atoms with Gasteiger partial charge in [-0.1, -0.05) is 39.0 Å². The second-order valence-electron chi connectivity index (χ2n) is 8.01. The van der Waals surface area contributed by atoms with Crippen LogP contribution in [0.1, 0.15) is 26.6 Å². The lowest BCUT2D eigenvalue weighted by molar-refractivity contribution is 0.488. The van der Waals surface area contributed by atoms with Crippen molar-refractivity contribution in [2.24, 2.45) is 14.1 Å². The van der Waals surface area contributed by atoms with Crippen LogP contribution in [0.5, 0.6) is 5.75 Å². The van der Waals surface area contributed by atoms with Gasteiger partial charge in [-0.05, 0) is 12.1 Å². The SMILES string of the molecule is Cn1c(=O)c2c(SCCS(=O)(=O)Oc3ccccc3)nc(C(C)(C)C)nc2n(C)c1=O. The number of fused-ring (bicyclic) bond motifs is 1. The third kappa shape index (κ3) is 4.99. The number of benzene rings is 1. The molecule has 0 bridgehead atoms. The molecule has 0 atom stereocenters. The Morgan fingerprint density at radius 2 is 1.68 bits per heavy atom. The summed E-state index contributed by atoms with van der Waals surface area (Å²) in [6.45, 7) is 5.75. The van der Waals surface area contributed by atoms with E-state index in [0.717, 1.165) is 16.3 Å². The molecule has 0 N–H and O–H groups in total. The molecule has 0 radical (unpaired) electrons. The van der Waals surface area contributed by atoms with E-state index in [-0.39, 0.29) is 28.3 Å². The summed E-state index contributed by atoms with van der Waals surface area (Å²) >= 11 is 1.12. The van der Waals surface area contributed by atoms with E-state index < -0.39 is 26.8 Å². The van der Waals surface area contributed by atoms with Crippen LogP contribution in [0.4, 0.5) is 0 Å². The molecule has 11 heteroatoms. The van der Waals surface area contributed by atoms with Gasteiger partial charge in [0.2, 0.25) is 0 Å². The maximum Gasteiger partial charge on any atom is 0.332 e. The van der Waals surface area contributed by atoms with Gasteiger partial charge in [-0.2, -0.15) is 8.42 Å². The largest absolute Gasteiger partial charge is 0.382 e. The fourth-order valence-electron chi connectivity index (χ4n) is 2.77. The van der Waals surface area contributed by atoms with Crippen molar-refractivity contribution in [2.75, 3.05) is 11.5 Å². The molecular weight excluding hydrogens is 440 g/mol. The summed E-state index contributed by atoms with van der Waals surface area (Å²) in [6.07, 6.45) is 0. The van der Waals surface area contributed by atoms with Crippen LogP contribution in [0.2, 0.25) is 0 Å². The van der Waals surface area contributed by atoms with Gasteiger partial charge in [0, 0.05) is 25.3 Å². The zero-order valence-corrected chi connectivity index (χ0v) is 19.6. The topological polar surface area (TPSA) is 113 Å². The lowest BCUT2D eigenvalue weighted by atomic mass is 9.96. The van der Waals surface area contributed by atoms with Crippen molar-refractivity contribution >= 4 is 32.9 Å². The van der Waals surface area contributed by atoms with E-state index in [4.69, 9.17) is 4.18 Å². The Morgan fingerprint density at radius 1 is 1.03 bits per heavy atom. The molecule has 3 aromatic rings. The molecule has 3 rings (SSSR count). The number of thioether (sulfide) groups is 1. The lowest BCUT2D eigenvalue weighted by Gasteiger charge is -2.19. The molecule has 2 aromatic heterocycles. The summed E-state index contributed by atoms with van der Waals surface area (Å²) in [5, 5.41) is 0.519. The summed E-state index contributed by atoms with van der Waals surface area (Å²) in [6, 6.07) is 8.24. The van der Waals surface area contributed by atoms with E-state index in [1.165, 1.54) is 18.7 Å². The quantitative estimate of drug-likeness (QED) is 0.308. The van der Waals surface area contributed by atoms with Crippen LogP contribution in [0.25, 0.3) is 11.0 Å². The Hall–Kier alpha value is -2.66. The molecule has 31 heavy (non-hydrogen) atoms. The Labute approximate surface area is 184 Å². The maximum absolute atomic E-state index is 12.8.